The number of nitrogens with zero attached hydrogens (tertiary/aromatic N) is 1. The topological polar surface area (TPSA) is 67.9 Å². The maximum atomic E-state index is 12.7. The molecule has 0 saturated carbocycles. The van der Waals surface area contributed by atoms with Gasteiger partial charge in [0.15, 0.2) is 0 Å². The zero-order valence-corrected chi connectivity index (χ0v) is 17.2. The van der Waals surface area contributed by atoms with Crippen LogP contribution in [0, 0.1) is 0 Å². The Morgan fingerprint density at radius 3 is 2.10 bits per heavy atom. The molecule has 30 heavy (non-hydrogen) atoms. The van der Waals surface area contributed by atoms with Crippen LogP contribution < -0.4 is 14.2 Å². The highest BCUT2D eigenvalue weighted by Gasteiger charge is 2.31. The first-order chi connectivity index (χ1) is 14.2. The number of halogens is 3. The summed E-state index contributed by atoms with van der Waals surface area (Å²) in [7, 11) is -2.33. The van der Waals surface area contributed by atoms with Crippen molar-refractivity contribution < 1.29 is 31.1 Å². The van der Waals surface area contributed by atoms with Gasteiger partial charge in [0, 0.05) is 12.6 Å². The lowest BCUT2D eigenvalue weighted by atomic mass is 10.1. The van der Waals surface area contributed by atoms with Gasteiger partial charge in [-0.1, -0.05) is 12.1 Å². The summed E-state index contributed by atoms with van der Waals surface area (Å²) in [5, 5.41) is 0. The van der Waals surface area contributed by atoms with Crippen LogP contribution in [0.15, 0.2) is 53.4 Å². The normalized spacial score (nSPS) is 16.4. The molecule has 0 amide bonds. The largest absolute Gasteiger partial charge is 0.573 e. The summed E-state index contributed by atoms with van der Waals surface area (Å²) in [6.45, 7) is 1.86. The predicted octanol–water partition coefficient (Wildman–Crippen LogP) is 3.71. The van der Waals surface area contributed by atoms with Crippen molar-refractivity contribution in [2.45, 2.75) is 30.1 Å². The van der Waals surface area contributed by atoms with E-state index in [2.05, 4.69) is 14.4 Å². The molecule has 1 heterocycles. The number of hydrogen-bond acceptors (Lipinski definition) is 5. The molecule has 1 aliphatic heterocycles. The van der Waals surface area contributed by atoms with Crippen LogP contribution in [-0.2, 0) is 10.0 Å². The molecule has 1 unspecified atom stereocenters. The predicted molar refractivity (Wildman–Crippen MR) is 105 cm³/mol. The highest BCUT2D eigenvalue weighted by molar-refractivity contribution is 7.89. The minimum atomic E-state index is -4.83. The zero-order chi connectivity index (χ0) is 21.8. The Morgan fingerprint density at radius 1 is 1.00 bits per heavy atom. The summed E-state index contributed by atoms with van der Waals surface area (Å²) in [6.07, 6.45) is -2.75. The molecule has 164 valence electrons. The number of hydrogen-bond donors (Lipinski definition) is 1. The Labute approximate surface area is 173 Å². The van der Waals surface area contributed by atoms with E-state index >= 15 is 0 Å². The number of alkyl halides is 3. The lowest BCUT2D eigenvalue weighted by Gasteiger charge is -2.28. The number of nitrogens with one attached hydrogen (secondary N) is 1. The van der Waals surface area contributed by atoms with Gasteiger partial charge in [-0.2, -0.15) is 0 Å². The summed E-state index contributed by atoms with van der Waals surface area (Å²) in [4.78, 5) is 2.08. The Morgan fingerprint density at radius 2 is 1.57 bits per heavy atom. The maximum Gasteiger partial charge on any atom is 0.573 e. The summed E-state index contributed by atoms with van der Waals surface area (Å²) in [5.41, 5.74) is 0.953. The Bertz CT molecular complexity index is 926. The van der Waals surface area contributed by atoms with Gasteiger partial charge < -0.3 is 9.47 Å². The first kappa shape index (κ1) is 22.4. The van der Waals surface area contributed by atoms with Crippen molar-refractivity contribution in [3.63, 3.8) is 0 Å². The van der Waals surface area contributed by atoms with Crippen LogP contribution in [0.4, 0.5) is 13.2 Å². The van der Waals surface area contributed by atoms with E-state index in [0.29, 0.717) is 5.75 Å². The van der Waals surface area contributed by atoms with E-state index in [-0.39, 0.29) is 17.5 Å². The molecule has 0 bridgehead atoms. The van der Waals surface area contributed by atoms with E-state index in [1.165, 1.54) is 0 Å². The van der Waals surface area contributed by atoms with Crippen LogP contribution in [-0.4, -0.2) is 46.4 Å². The molecule has 6 nitrogen and oxygen atoms in total. The molecule has 0 radical (unpaired) electrons. The summed E-state index contributed by atoms with van der Waals surface area (Å²) >= 11 is 0. The van der Waals surface area contributed by atoms with E-state index in [1.807, 2.05) is 24.3 Å². The maximum absolute atomic E-state index is 12.7. The van der Waals surface area contributed by atoms with Crippen molar-refractivity contribution in [1.82, 2.24) is 9.62 Å². The van der Waals surface area contributed by atoms with Gasteiger partial charge in [-0.15, -0.1) is 13.2 Å². The Hall–Kier alpha value is -2.30. The molecule has 1 saturated heterocycles. The summed E-state index contributed by atoms with van der Waals surface area (Å²) in [5.74, 6) is 0.232. The molecule has 0 aliphatic carbocycles. The van der Waals surface area contributed by atoms with E-state index in [0.717, 1.165) is 55.8 Å². The number of benzene rings is 2. The van der Waals surface area contributed by atoms with Crippen LogP contribution in [0.3, 0.4) is 0 Å². The second-order valence-electron chi connectivity index (χ2n) is 6.90. The molecule has 1 N–H and O–H groups in total. The van der Waals surface area contributed by atoms with Crippen LogP contribution in [0.1, 0.15) is 24.4 Å². The minimum Gasteiger partial charge on any atom is -0.497 e. The third kappa shape index (κ3) is 5.87. The van der Waals surface area contributed by atoms with Crippen LogP contribution in [0.5, 0.6) is 11.5 Å². The molecule has 1 fully saturated rings. The summed E-state index contributed by atoms with van der Waals surface area (Å²) in [6, 6.07) is 11.4. The molecule has 1 atom stereocenters. The van der Waals surface area contributed by atoms with Crippen LogP contribution >= 0.6 is 0 Å². The van der Waals surface area contributed by atoms with Gasteiger partial charge in [-0.3, -0.25) is 4.90 Å². The van der Waals surface area contributed by atoms with Crippen LogP contribution in [0.25, 0.3) is 0 Å². The van der Waals surface area contributed by atoms with Crippen molar-refractivity contribution >= 4 is 10.0 Å². The number of ether oxygens (including phenoxy) is 2. The molecule has 0 spiro atoms. The second-order valence-corrected chi connectivity index (χ2v) is 8.67. The fourth-order valence-corrected chi connectivity index (χ4v) is 4.47. The number of rotatable bonds is 8. The highest BCUT2D eigenvalue weighted by Crippen LogP contribution is 2.27. The number of methoxy groups -OCH3 is 1. The SMILES string of the molecule is COc1ccc(C(CNS(=O)(=O)c2ccc(OC(F)(F)F)cc2)N2CCCC2)cc1. The van der Waals surface area contributed by atoms with Crippen molar-refractivity contribution in [3.8, 4) is 11.5 Å². The van der Waals surface area contributed by atoms with Gasteiger partial charge in [0.2, 0.25) is 10.0 Å². The van der Waals surface area contributed by atoms with Crippen molar-refractivity contribution in [2.75, 3.05) is 26.7 Å². The van der Waals surface area contributed by atoms with Gasteiger partial charge in [0.1, 0.15) is 11.5 Å². The fraction of sp³-hybridized carbons (Fsp3) is 0.400. The first-order valence-corrected chi connectivity index (χ1v) is 10.9. The standard InChI is InChI=1S/C20H23F3N2O4S/c1-28-16-6-4-15(5-7-16)19(25-12-2-3-13-25)14-24-30(26,27)18-10-8-17(9-11-18)29-20(21,22)23/h4-11,19,24H,2-3,12-14H2,1H3. The first-order valence-electron chi connectivity index (χ1n) is 9.41. The molecule has 10 heteroatoms. The van der Waals surface area contributed by atoms with Gasteiger partial charge in [-0.05, 0) is 67.9 Å². The summed E-state index contributed by atoms with van der Waals surface area (Å²) < 4.78 is 73.7. The van der Waals surface area contributed by atoms with E-state index in [4.69, 9.17) is 4.74 Å². The average Bonchev–Trinajstić information content (AvgIpc) is 3.22. The lowest BCUT2D eigenvalue weighted by Crippen LogP contribution is -2.36. The van der Waals surface area contributed by atoms with Gasteiger partial charge in [0.05, 0.1) is 12.0 Å². The van der Waals surface area contributed by atoms with Gasteiger partial charge >= 0.3 is 6.36 Å². The molecule has 3 rings (SSSR count). The van der Waals surface area contributed by atoms with Crippen molar-refractivity contribution in [2.24, 2.45) is 0 Å². The monoisotopic (exact) mass is 444 g/mol. The lowest BCUT2D eigenvalue weighted by molar-refractivity contribution is -0.274. The molecule has 2 aromatic rings. The van der Waals surface area contributed by atoms with Crippen molar-refractivity contribution in [1.29, 1.82) is 0 Å². The van der Waals surface area contributed by atoms with E-state index in [1.54, 1.807) is 7.11 Å². The van der Waals surface area contributed by atoms with Crippen LogP contribution in [0.2, 0.25) is 0 Å². The molecule has 0 aromatic heterocycles. The number of likely N-dealkylation sites (tertiary alicyclic amines) is 1. The van der Waals surface area contributed by atoms with E-state index < -0.39 is 22.1 Å². The Balaban J connectivity index is 1.73. The Kier molecular flexibility index (Phi) is 6.89. The second kappa shape index (κ2) is 9.23. The minimum absolute atomic E-state index is 0.132. The quantitative estimate of drug-likeness (QED) is 0.673. The van der Waals surface area contributed by atoms with Crippen molar-refractivity contribution in [3.05, 3.63) is 54.1 Å². The smallest absolute Gasteiger partial charge is 0.497 e. The van der Waals surface area contributed by atoms with E-state index in [9.17, 15) is 21.6 Å². The van der Waals surface area contributed by atoms with Gasteiger partial charge in [-0.25, -0.2) is 13.1 Å². The average molecular weight is 444 g/mol. The highest BCUT2D eigenvalue weighted by atomic mass is 32.2. The zero-order valence-electron chi connectivity index (χ0n) is 16.4. The fourth-order valence-electron chi connectivity index (χ4n) is 3.43. The molecular weight excluding hydrogens is 421 g/mol. The molecular formula is C20H23F3N2O4S. The third-order valence-corrected chi connectivity index (χ3v) is 6.36. The molecule has 2 aromatic carbocycles. The number of sulfonamides is 1. The van der Waals surface area contributed by atoms with Gasteiger partial charge in [0.25, 0.3) is 0 Å². The molecule has 1 aliphatic rings. The third-order valence-electron chi connectivity index (χ3n) is 4.92.